The molecule has 0 saturated heterocycles. The summed E-state index contributed by atoms with van der Waals surface area (Å²) in [5.74, 6) is 0. The Hall–Kier alpha value is -1.87. The van der Waals surface area contributed by atoms with Crippen LogP contribution in [0.25, 0.3) is 0 Å². The number of anilines is 1. The predicted molar refractivity (Wildman–Crippen MR) is 62.3 cm³/mol. The molecular formula is C11H9N3O2S. The van der Waals surface area contributed by atoms with E-state index in [4.69, 9.17) is 5.26 Å². The minimum absolute atomic E-state index is 0.186. The molecule has 2 aliphatic rings. The van der Waals surface area contributed by atoms with Crippen LogP contribution < -0.4 is 4.90 Å². The van der Waals surface area contributed by atoms with E-state index in [1.165, 1.54) is 18.5 Å². The van der Waals surface area contributed by atoms with E-state index in [-0.39, 0.29) is 4.90 Å². The van der Waals surface area contributed by atoms with Crippen molar-refractivity contribution in [3.05, 3.63) is 23.8 Å². The molecule has 0 spiro atoms. The standard InChI is InChI=1S/C11H9N3O2S/c12-6-8-1-4-11-10(5-8)14(9-2-3-9)7-13-17(11,15)16/h1,4-5,7,9H,2-3H2. The van der Waals surface area contributed by atoms with Gasteiger partial charge in [-0.2, -0.15) is 13.7 Å². The Morgan fingerprint density at radius 1 is 1.41 bits per heavy atom. The van der Waals surface area contributed by atoms with Crippen LogP contribution in [0.4, 0.5) is 5.69 Å². The fourth-order valence-corrected chi connectivity index (χ4v) is 2.89. The van der Waals surface area contributed by atoms with Gasteiger partial charge >= 0.3 is 0 Å². The summed E-state index contributed by atoms with van der Waals surface area (Å²) in [7, 11) is -3.59. The van der Waals surface area contributed by atoms with Gasteiger partial charge in [0.05, 0.1) is 17.3 Å². The Morgan fingerprint density at radius 2 is 2.18 bits per heavy atom. The molecule has 5 nitrogen and oxygen atoms in total. The topological polar surface area (TPSA) is 73.5 Å². The fraction of sp³-hybridized carbons (Fsp3) is 0.273. The van der Waals surface area contributed by atoms with E-state index in [9.17, 15) is 8.42 Å². The first kappa shape index (κ1) is 10.3. The van der Waals surface area contributed by atoms with Crippen LogP contribution in [-0.2, 0) is 10.0 Å². The molecule has 6 heteroatoms. The normalized spacial score (nSPS) is 20.8. The lowest BCUT2D eigenvalue weighted by atomic mass is 10.2. The van der Waals surface area contributed by atoms with Crippen molar-refractivity contribution < 1.29 is 8.42 Å². The summed E-state index contributed by atoms with van der Waals surface area (Å²) in [5.41, 5.74) is 1.03. The van der Waals surface area contributed by atoms with E-state index in [1.807, 2.05) is 11.0 Å². The molecule has 1 aromatic rings. The van der Waals surface area contributed by atoms with Gasteiger partial charge in [-0.05, 0) is 31.0 Å². The summed E-state index contributed by atoms with van der Waals surface area (Å²) in [6, 6.07) is 6.90. The van der Waals surface area contributed by atoms with E-state index in [1.54, 1.807) is 6.07 Å². The first-order valence-electron chi connectivity index (χ1n) is 5.25. The van der Waals surface area contributed by atoms with Gasteiger partial charge in [-0.3, -0.25) is 0 Å². The molecule has 0 atom stereocenters. The van der Waals surface area contributed by atoms with Crippen molar-refractivity contribution >= 4 is 22.0 Å². The van der Waals surface area contributed by atoms with E-state index >= 15 is 0 Å². The Morgan fingerprint density at radius 3 is 2.82 bits per heavy atom. The van der Waals surface area contributed by atoms with Crippen molar-refractivity contribution in [2.24, 2.45) is 4.40 Å². The second kappa shape index (κ2) is 3.31. The molecule has 86 valence electrons. The van der Waals surface area contributed by atoms with E-state index < -0.39 is 10.0 Å². The molecular weight excluding hydrogens is 238 g/mol. The lowest BCUT2D eigenvalue weighted by molar-refractivity contribution is 0.597. The van der Waals surface area contributed by atoms with Crippen molar-refractivity contribution in [2.75, 3.05) is 4.90 Å². The maximum Gasteiger partial charge on any atom is 0.285 e. The Bertz CT molecular complexity index is 654. The summed E-state index contributed by atoms with van der Waals surface area (Å²) in [6.45, 7) is 0. The zero-order valence-electron chi connectivity index (χ0n) is 8.87. The first-order chi connectivity index (χ1) is 8.12. The smallest absolute Gasteiger partial charge is 0.285 e. The number of nitrogens with zero attached hydrogens (tertiary/aromatic N) is 3. The van der Waals surface area contributed by atoms with Crippen LogP contribution >= 0.6 is 0 Å². The molecule has 1 heterocycles. The second-order valence-corrected chi connectivity index (χ2v) is 5.73. The number of nitriles is 1. The highest BCUT2D eigenvalue weighted by molar-refractivity contribution is 7.90. The van der Waals surface area contributed by atoms with Crippen LogP contribution in [0.15, 0.2) is 27.5 Å². The average molecular weight is 247 g/mol. The second-order valence-electron chi connectivity index (χ2n) is 4.13. The first-order valence-corrected chi connectivity index (χ1v) is 6.69. The fourth-order valence-electron chi connectivity index (χ4n) is 1.88. The van der Waals surface area contributed by atoms with Gasteiger partial charge in [0, 0.05) is 6.04 Å². The molecule has 1 aromatic carbocycles. The Kier molecular flexibility index (Phi) is 2.00. The van der Waals surface area contributed by atoms with Crippen molar-refractivity contribution in [3.8, 4) is 6.07 Å². The largest absolute Gasteiger partial charge is 0.327 e. The Labute approximate surface area is 99.1 Å². The van der Waals surface area contributed by atoms with Gasteiger partial charge in [0.1, 0.15) is 11.2 Å². The van der Waals surface area contributed by atoms with Crippen LogP contribution in [-0.4, -0.2) is 20.8 Å². The van der Waals surface area contributed by atoms with Gasteiger partial charge in [0.25, 0.3) is 10.0 Å². The molecule has 0 aromatic heterocycles. The molecule has 17 heavy (non-hydrogen) atoms. The summed E-state index contributed by atoms with van der Waals surface area (Å²) >= 11 is 0. The summed E-state index contributed by atoms with van der Waals surface area (Å²) in [4.78, 5) is 2.03. The van der Waals surface area contributed by atoms with Gasteiger partial charge < -0.3 is 4.90 Å². The number of sulfonamides is 1. The number of fused-ring (bicyclic) bond motifs is 1. The highest BCUT2D eigenvalue weighted by Gasteiger charge is 2.34. The van der Waals surface area contributed by atoms with Crippen LogP contribution in [0.3, 0.4) is 0 Å². The summed E-state index contributed by atoms with van der Waals surface area (Å²) in [6.07, 6.45) is 3.42. The van der Waals surface area contributed by atoms with Crippen molar-refractivity contribution in [2.45, 2.75) is 23.8 Å². The van der Waals surface area contributed by atoms with Crippen LogP contribution in [0.1, 0.15) is 18.4 Å². The number of rotatable bonds is 1. The molecule has 0 amide bonds. The third kappa shape index (κ3) is 1.59. The van der Waals surface area contributed by atoms with Crippen LogP contribution in [0.5, 0.6) is 0 Å². The molecule has 0 unspecified atom stereocenters. The molecule has 0 bridgehead atoms. The SMILES string of the molecule is N#Cc1ccc2c(c1)N(C1CC1)C=NS2(=O)=O. The minimum Gasteiger partial charge on any atom is -0.327 e. The van der Waals surface area contributed by atoms with E-state index in [0.717, 1.165) is 12.8 Å². The summed E-state index contributed by atoms with van der Waals surface area (Å²) in [5, 5.41) is 8.86. The predicted octanol–water partition coefficient (Wildman–Crippen LogP) is 1.26. The molecule has 3 rings (SSSR count). The van der Waals surface area contributed by atoms with Crippen molar-refractivity contribution in [1.82, 2.24) is 0 Å². The van der Waals surface area contributed by atoms with Gasteiger partial charge in [-0.25, -0.2) is 0 Å². The highest BCUT2D eigenvalue weighted by Crippen LogP contribution is 2.37. The monoisotopic (exact) mass is 247 g/mol. The number of hydrogen-bond donors (Lipinski definition) is 0. The molecule has 0 radical (unpaired) electrons. The number of benzene rings is 1. The maximum absolute atomic E-state index is 11.8. The zero-order valence-corrected chi connectivity index (χ0v) is 9.68. The Balaban J connectivity index is 2.22. The van der Waals surface area contributed by atoms with Crippen LogP contribution in [0, 0.1) is 11.3 Å². The third-order valence-electron chi connectivity index (χ3n) is 2.89. The lowest BCUT2D eigenvalue weighted by Gasteiger charge is -2.24. The minimum atomic E-state index is -3.59. The zero-order chi connectivity index (χ0) is 12.0. The van der Waals surface area contributed by atoms with Crippen LogP contribution in [0.2, 0.25) is 0 Å². The molecule has 1 saturated carbocycles. The van der Waals surface area contributed by atoms with Gasteiger partial charge in [-0.15, -0.1) is 4.40 Å². The van der Waals surface area contributed by atoms with Gasteiger partial charge in [0.15, 0.2) is 0 Å². The van der Waals surface area contributed by atoms with E-state index in [0.29, 0.717) is 17.3 Å². The van der Waals surface area contributed by atoms with Crippen molar-refractivity contribution in [1.29, 1.82) is 5.26 Å². The molecule has 0 N–H and O–H groups in total. The molecule has 1 aliphatic heterocycles. The number of hydrogen-bond acceptors (Lipinski definition) is 4. The average Bonchev–Trinajstić information content (AvgIpc) is 3.12. The van der Waals surface area contributed by atoms with E-state index in [2.05, 4.69) is 4.40 Å². The molecule has 1 aliphatic carbocycles. The quantitative estimate of drug-likeness (QED) is 0.748. The third-order valence-corrected chi connectivity index (χ3v) is 4.17. The molecule has 1 fully saturated rings. The lowest BCUT2D eigenvalue weighted by Crippen LogP contribution is -2.29. The van der Waals surface area contributed by atoms with Gasteiger partial charge in [-0.1, -0.05) is 0 Å². The summed E-state index contributed by atoms with van der Waals surface area (Å²) < 4.78 is 27.1. The highest BCUT2D eigenvalue weighted by atomic mass is 32.2. The maximum atomic E-state index is 11.8. The van der Waals surface area contributed by atoms with Gasteiger partial charge in [0.2, 0.25) is 0 Å². The van der Waals surface area contributed by atoms with Crippen molar-refractivity contribution in [3.63, 3.8) is 0 Å².